The van der Waals surface area contributed by atoms with E-state index in [1.54, 1.807) is 6.92 Å². The lowest BCUT2D eigenvalue weighted by Gasteiger charge is -2.34. The number of thiazole rings is 1. The van der Waals surface area contributed by atoms with Crippen molar-refractivity contribution in [1.82, 2.24) is 15.2 Å². The highest BCUT2D eigenvalue weighted by Gasteiger charge is 2.22. The van der Waals surface area contributed by atoms with E-state index in [4.69, 9.17) is 5.11 Å². The Bertz CT molecular complexity index is 578. The normalized spacial score (nSPS) is 16.5. The van der Waals surface area contributed by atoms with Crippen molar-refractivity contribution in [3.05, 3.63) is 15.6 Å². The molecule has 134 valence electrons. The van der Waals surface area contributed by atoms with E-state index in [-0.39, 0.29) is 10.8 Å². The molecule has 0 radical (unpaired) electrons. The van der Waals surface area contributed by atoms with Crippen molar-refractivity contribution in [3.63, 3.8) is 0 Å². The van der Waals surface area contributed by atoms with E-state index >= 15 is 0 Å². The molecule has 0 unspecified atom stereocenters. The van der Waals surface area contributed by atoms with E-state index in [1.807, 2.05) is 0 Å². The highest BCUT2D eigenvalue weighted by molar-refractivity contribution is 7.13. The van der Waals surface area contributed by atoms with Gasteiger partial charge in [-0.2, -0.15) is 0 Å². The molecule has 1 saturated heterocycles. The lowest BCUT2D eigenvalue weighted by molar-refractivity contribution is -0.122. The van der Waals surface area contributed by atoms with Crippen molar-refractivity contribution in [1.29, 1.82) is 0 Å². The number of carbonyl (C=O) groups excluding carboxylic acids is 1. The Hall–Kier alpha value is -1.47. The number of hydrogen-bond acceptors (Lipinski definition) is 5. The quantitative estimate of drug-likeness (QED) is 0.786. The van der Waals surface area contributed by atoms with E-state index in [1.165, 1.54) is 11.3 Å². The fraction of sp³-hybridized carbons (Fsp3) is 0.706. The first-order chi connectivity index (χ1) is 11.4. The first-order valence-corrected chi connectivity index (χ1v) is 9.38. The van der Waals surface area contributed by atoms with Crippen molar-refractivity contribution in [2.75, 3.05) is 19.6 Å². The zero-order chi connectivity index (χ0) is 17.7. The average molecular weight is 353 g/mol. The van der Waals surface area contributed by atoms with Crippen molar-refractivity contribution >= 4 is 23.2 Å². The maximum Gasteiger partial charge on any atom is 0.347 e. The minimum atomic E-state index is -0.937. The number of amides is 1. The number of aromatic carboxylic acids is 1. The molecule has 1 amide bonds. The first kappa shape index (κ1) is 18.9. The van der Waals surface area contributed by atoms with Crippen molar-refractivity contribution < 1.29 is 14.7 Å². The summed E-state index contributed by atoms with van der Waals surface area (Å²) in [6, 6.07) is 0.581. The van der Waals surface area contributed by atoms with Crippen LogP contribution in [0.1, 0.15) is 53.5 Å². The zero-order valence-corrected chi connectivity index (χ0v) is 15.5. The van der Waals surface area contributed by atoms with Crippen LogP contribution in [0.4, 0.5) is 0 Å². The van der Waals surface area contributed by atoms with Gasteiger partial charge >= 0.3 is 5.97 Å². The molecule has 0 bridgehead atoms. The molecule has 0 aromatic carbocycles. The van der Waals surface area contributed by atoms with Gasteiger partial charge in [0.1, 0.15) is 4.88 Å². The van der Waals surface area contributed by atoms with Crippen LogP contribution in [0, 0.1) is 12.8 Å². The summed E-state index contributed by atoms with van der Waals surface area (Å²) in [5.74, 6) is -0.376. The largest absolute Gasteiger partial charge is 0.477 e. The van der Waals surface area contributed by atoms with Crippen LogP contribution in [-0.4, -0.2) is 52.5 Å². The monoisotopic (exact) mass is 353 g/mol. The summed E-state index contributed by atoms with van der Waals surface area (Å²) < 4.78 is 0. The summed E-state index contributed by atoms with van der Waals surface area (Å²) in [5.41, 5.74) is 0.547. The van der Waals surface area contributed by atoms with Crippen LogP contribution in [-0.2, 0) is 11.2 Å². The predicted molar refractivity (Wildman–Crippen MR) is 94.6 cm³/mol. The maximum absolute atomic E-state index is 12.1. The summed E-state index contributed by atoms with van der Waals surface area (Å²) in [7, 11) is 0. The smallest absolute Gasteiger partial charge is 0.347 e. The number of hydrogen-bond donors (Lipinski definition) is 2. The summed E-state index contributed by atoms with van der Waals surface area (Å²) in [6.45, 7) is 8.78. The summed E-state index contributed by atoms with van der Waals surface area (Å²) in [6.07, 6.45) is 3.33. The predicted octanol–water partition coefficient (Wildman–Crippen LogP) is 2.32. The van der Waals surface area contributed by atoms with Gasteiger partial charge in [0.15, 0.2) is 0 Å². The molecule has 0 saturated carbocycles. The van der Waals surface area contributed by atoms with Crippen LogP contribution in [0.25, 0.3) is 0 Å². The Morgan fingerprint density at radius 1 is 1.38 bits per heavy atom. The number of aromatic nitrogens is 1. The second-order valence-corrected chi connectivity index (χ2v) is 7.79. The van der Waals surface area contributed by atoms with Gasteiger partial charge in [-0.05, 0) is 52.6 Å². The molecule has 6 nitrogen and oxygen atoms in total. The molecular formula is C17H27N3O3S. The number of aryl methyl sites for hydroxylation is 1. The van der Waals surface area contributed by atoms with Gasteiger partial charge in [0, 0.05) is 25.4 Å². The van der Waals surface area contributed by atoms with E-state index < -0.39 is 5.97 Å². The van der Waals surface area contributed by atoms with Gasteiger partial charge in [-0.15, -0.1) is 11.3 Å². The van der Waals surface area contributed by atoms with Gasteiger partial charge in [0.05, 0.1) is 10.7 Å². The highest BCUT2D eigenvalue weighted by atomic mass is 32.1. The van der Waals surface area contributed by atoms with Gasteiger partial charge in [-0.3, -0.25) is 4.79 Å². The molecule has 7 heteroatoms. The highest BCUT2D eigenvalue weighted by Crippen LogP contribution is 2.22. The molecule has 1 aliphatic heterocycles. The van der Waals surface area contributed by atoms with Crippen LogP contribution in [0.5, 0.6) is 0 Å². The topological polar surface area (TPSA) is 82.5 Å². The van der Waals surface area contributed by atoms with E-state index in [0.29, 0.717) is 37.0 Å². The van der Waals surface area contributed by atoms with Gasteiger partial charge < -0.3 is 15.3 Å². The Kier molecular flexibility index (Phi) is 6.74. The number of likely N-dealkylation sites (tertiary alicyclic amines) is 1. The summed E-state index contributed by atoms with van der Waals surface area (Å²) in [5, 5.41) is 12.7. The molecule has 2 N–H and O–H groups in total. The fourth-order valence-electron chi connectivity index (χ4n) is 3.07. The van der Waals surface area contributed by atoms with Crippen LogP contribution >= 0.6 is 11.3 Å². The van der Waals surface area contributed by atoms with Gasteiger partial charge in [-0.25, -0.2) is 9.78 Å². The number of carboxylic acid groups (broad SMARTS) is 1. The second kappa shape index (κ2) is 8.58. The first-order valence-electron chi connectivity index (χ1n) is 8.57. The third-order valence-corrected chi connectivity index (χ3v) is 5.75. The standard InChI is InChI=1S/C17H27N3O3S/c1-11(2)20-8-5-13(6-9-20)10-14(21)18-7-4-15-19-12(3)16(24-15)17(22)23/h11,13H,4-10H2,1-3H3,(H,18,21)(H,22,23). The van der Waals surface area contributed by atoms with Crippen molar-refractivity contribution in [2.45, 2.75) is 52.5 Å². The minimum absolute atomic E-state index is 0.0877. The SMILES string of the molecule is Cc1nc(CCNC(=O)CC2CCN(C(C)C)CC2)sc1C(=O)O. The fourth-order valence-corrected chi connectivity index (χ4v) is 3.98. The van der Waals surface area contributed by atoms with E-state index in [0.717, 1.165) is 30.9 Å². The molecule has 1 aromatic rings. The van der Waals surface area contributed by atoms with Gasteiger partial charge in [0.25, 0.3) is 0 Å². The molecule has 0 spiro atoms. The van der Waals surface area contributed by atoms with E-state index in [9.17, 15) is 9.59 Å². The molecule has 1 aliphatic rings. The summed E-state index contributed by atoms with van der Waals surface area (Å²) in [4.78, 5) is 30.1. The maximum atomic E-state index is 12.1. The third-order valence-electron chi connectivity index (χ3n) is 4.55. The lowest BCUT2D eigenvalue weighted by Crippen LogP contribution is -2.39. The lowest BCUT2D eigenvalue weighted by atomic mass is 9.92. The number of rotatable bonds is 7. The molecule has 2 rings (SSSR count). The van der Waals surface area contributed by atoms with E-state index in [2.05, 4.69) is 29.0 Å². The number of nitrogens with zero attached hydrogens (tertiary/aromatic N) is 2. The number of piperidine rings is 1. The Labute approximate surface area is 147 Å². The Morgan fingerprint density at radius 3 is 2.58 bits per heavy atom. The third kappa shape index (κ3) is 5.27. The average Bonchev–Trinajstić information content (AvgIpc) is 2.89. The van der Waals surface area contributed by atoms with Crippen LogP contribution in [0.15, 0.2) is 0 Å². The Balaban J connectivity index is 1.69. The number of nitrogens with one attached hydrogen (secondary N) is 1. The molecule has 24 heavy (non-hydrogen) atoms. The molecule has 0 atom stereocenters. The van der Waals surface area contributed by atoms with Gasteiger partial charge in [-0.1, -0.05) is 0 Å². The van der Waals surface area contributed by atoms with Crippen molar-refractivity contribution in [2.24, 2.45) is 5.92 Å². The van der Waals surface area contributed by atoms with Crippen LogP contribution in [0.2, 0.25) is 0 Å². The second-order valence-electron chi connectivity index (χ2n) is 6.70. The van der Waals surface area contributed by atoms with Gasteiger partial charge in [0.2, 0.25) is 5.91 Å². The molecular weight excluding hydrogens is 326 g/mol. The summed E-state index contributed by atoms with van der Waals surface area (Å²) >= 11 is 1.19. The number of carbonyl (C=O) groups is 2. The van der Waals surface area contributed by atoms with Crippen molar-refractivity contribution in [3.8, 4) is 0 Å². The molecule has 0 aliphatic carbocycles. The molecule has 1 aromatic heterocycles. The molecule has 2 heterocycles. The Morgan fingerprint density at radius 2 is 2.04 bits per heavy atom. The number of carboxylic acids is 1. The van der Waals surface area contributed by atoms with Crippen LogP contribution in [0.3, 0.4) is 0 Å². The zero-order valence-electron chi connectivity index (χ0n) is 14.7. The van der Waals surface area contributed by atoms with Crippen LogP contribution < -0.4 is 5.32 Å². The molecule has 1 fully saturated rings. The minimum Gasteiger partial charge on any atom is -0.477 e.